The van der Waals surface area contributed by atoms with Crippen LogP contribution in [0.2, 0.25) is 0 Å². The van der Waals surface area contributed by atoms with Crippen LogP contribution in [-0.2, 0) is 6.18 Å². The van der Waals surface area contributed by atoms with Gasteiger partial charge >= 0.3 is 12.5 Å². The van der Waals surface area contributed by atoms with Gasteiger partial charge in [0.05, 0.1) is 0 Å². The summed E-state index contributed by atoms with van der Waals surface area (Å²) in [5.41, 5.74) is 3.44. The molecule has 1 heterocycles. The number of nitrogen functional groups attached to an aromatic ring is 1. The van der Waals surface area contributed by atoms with Crippen LogP contribution < -0.4 is 10.5 Å². The van der Waals surface area contributed by atoms with E-state index in [9.17, 15) is 26.3 Å². The number of anilines is 1. The Hall–Kier alpha value is -1.19. The molecule has 3 nitrogen and oxygen atoms in total. The normalized spacial score (nSPS) is 12.6. The summed E-state index contributed by atoms with van der Waals surface area (Å²) in [4.78, 5) is 3.07. The summed E-state index contributed by atoms with van der Waals surface area (Å²) < 4.78 is 75.4. The minimum atomic E-state index is -5.12. The molecule has 96 valence electrons. The van der Waals surface area contributed by atoms with Crippen molar-refractivity contribution in [2.45, 2.75) is 12.5 Å². The molecule has 1 aromatic rings. The van der Waals surface area contributed by atoms with Gasteiger partial charge in [0.2, 0.25) is 0 Å². The van der Waals surface area contributed by atoms with Crippen molar-refractivity contribution in [2.75, 3.05) is 5.73 Å². The van der Waals surface area contributed by atoms with Crippen LogP contribution in [0.25, 0.3) is 0 Å². The monoisotopic (exact) mass is 324 g/mol. The van der Waals surface area contributed by atoms with E-state index < -0.39 is 34.3 Å². The summed E-state index contributed by atoms with van der Waals surface area (Å²) in [6.07, 6.45) is -10.0. The van der Waals surface area contributed by atoms with Crippen molar-refractivity contribution in [2.24, 2.45) is 0 Å². The first-order valence-electron chi connectivity index (χ1n) is 3.79. The Morgan fingerprint density at radius 3 is 2.12 bits per heavy atom. The van der Waals surface area contributed by atoms with Crippen molar-refractivity contribution < 1.29 is 31.1 Å². The minimum Gasteiger partial charge on any atom is -0.403 e. The molecule has 0 atom stereocenters. The lowest BCUT2D eigenvalue weighted by Gasteiger charge is -2.14. The lowest BCUT2D eigenvalue weighted by Crippen LogP contribution is -2.19. The number of nitrogens with zero attached hydrogens (tertiary/aromatic N) is 1. The van der Waals surface area contributed by atoms with Crippen LogP contribution in [0.5, 0.6) is 5.75 Å². The third-order valence-corrected chi connectivity index (χ3v) is 2.07. The lowest BCUT2D eigenvalue weighted by atomic mass is 10.2. The van der Waals surface area contributed by atoms with Gasteiger partial charge in [-0.15, -0.1) is 13.2 Å². The molecule has 1 rings (SSSR count). The quantitative estimate of drug-likeness (QED) is 0.636. The van der Waals surface area contributed by atoms with Crippen LogP contribution in [0, 0.1) is 0 Å². The second-order valence-corrected chi connectivity index (χ2v) is 3.51. The predicted molar refractivity (Wildman–Crippen MR) is 48.0 cm³/mol. The number of aromatic nitrogens is 1. The molecular weight excluding hydrogens is 322 g/mol. The molecule has 0 unspecified atom stereocenters. The van der Waals surface area contributed by atoms with Crippen LogP contribution >= 0.6 is 15.9 Å². The van der Waals surface area contributed by atoms with Gasteiger partial charge in [0.1, 0.15) is 11.4 Å². The zero-order valence-corrected chi connectivity index (χ0v) is 9.24. The van der Waals surface area contributed by atoms with Gasteiger partial charge in [-0.2, -0.15) is 13.2 Å². The van der Waals surface area contributed by atoms with Gasteiger partial charge in [0.15, 0.2) is 10.4 Å². The van der Waals surface area contributed by atoms with E-state index >= 15 is 0 Å². The molecule has 0 aliphatic heterocycles. The zero-order valence-electron chi connectivity index (χ0n) is 7.66. The molecular formula is C7H3BrF6N2O. The van der Waals surface area contributed by atoms with Gasteiger partial charge < -0.3 is 10.5 Å². The summed E-state index contributed by atoms with van der Waals surface area (Å²) in [7, 11) is 0. The summed E-state index contributed by atoms with van der Waals surface area (Å²) in [6, 6.07) is 0.125. The molecule has 1 aromatic heterocycles. The molecule has 17 heavy (non-hydrogen) atoms. The third-order valence-electron chi connectivity index (χ3n) is 1.50. The van der Waals surface area contributed by atoms with Gasteiger partial charge in [-0.05, 0) is 22.0 Å². The first-order chi connectivity index (χ1) is 7.50. The van der Waals surface area contributed by atoms with Crippen LogP contribution in [0.3, 0.4) is 0 Å². The fourth-order valence-corrected chi connectivity index (χ4v) is 1.30. The standard InChI is InChI=1S/C7H3BrF6N2O/c8-4-3(17-7(12,13)14)1-2(5(15)16-4)6(9,10)11/h1H,(H2,15,16). The number of nitrogens with two attached hydrogens (primary N) is 1. The van der Waals surface area contributed by atoms with Crippen LogP contribution in [0.1, 0.15) is 5.56 Å². The average molecular weight is 325 g/mol. The van der Waals surface area contributed by atoms with E-state index in [1.54, 1.807) is 0 Å². The van der Waals surface area contributed by atoms with E-state index in [0.29, 0.717) is 0 Å². The van der Waals surface area contributed by atoms with Crippen molar-refractivity contribution in [3.05, 3.63) is 16.2 Å². The molecule has 0 bridgehead atoms. The van der Waals surface area contributed by atoms with Crippen LogP contribution in [0.4, 0.5) is 32.2 Å². The zero-order chi connectivity index (χ0) is 13.4. The highest BCUT2D eigenvalue weighted by Gasteiger charge is 2.37. The molecule has 0 amide bonds. The second kappa shape index (κ2) is 4.24. The molecule has 0 aromatic carbocycles. The summed E-state index contributed by atoms with van der Waals surface area (Å²) in [5.74, 6) is -2.06. The second-order valence-electron chi connectivity index (χ2n) is 2.76. The summed E-state index contributed by atoms with van der Waals surface area (Å²) in [5, 5.41) is 0. The van der Waals surface area contributed by atoms with Gasteiger partial charge in [0.25, 0.3) is 0 Å². The maximum absolute atomic E-state index is 12.3. The predicted octanol–water partition coefficient (Wildman–Crippen LogP) is 3.34. The number of ether oxygens (including phenoxy) is 1. The number of hydrogen-bond donors (Lipinski definition) is 1. The minimum absolute atomic E-state index is 0.125. The average Bonchev–Trinajstić information content (AvgIpc) is 2.05. The van der Waals surface area contributed by atoms with E-state index in [2.05, 4.69) is 25.7 Å². The molecule has 0 aliphatic rings. The molecule has 0 fully saturated rings. The molecule has 0 spiro atoms. The number of halogens is 7. The fraction of sp³-hybridized carbons (Fsp3) is 0.286. The van der Waals surface area contributed by atoms with Crippen LogP contribution in [-0.4, -0.2) is 11.3 Å². The highest BCUT2D eigenvalue weighted by Crippen LogP contribution is 2.38. The number of rotatable bonds is 1. The van der Waals surface area contributed by atoms with E-state index in [1.165, 1.54) is 0 Å². The molecule has 10 heteroatoms. The summed E-state index contributed by atoms with van der Waals surface area (Å²) >= 11 is 2.52. The molecule has 0 aliphatic carbocycles. The first kappa shape index (κ1) is 13.9. The fourth-order valence-electron chi connectivity index (χ4n) is 0.909. The van der Waals surface area contributed by atoms with Crippen LogP contribution in [0.15, 0.2) is 10.7 Å². The van der Waals surface area contributed by atoms with Crippen molar-refractivity contribution >= 4 is 21.7 Å². The smallest absolute Gasteiger partial charge is 0.403 e. The van der Waals surface area contributed by atoms with Gasteiger partial charge in [-0.1, -0.05) is 0 Å². The number of alkyl halides is 6. The summed E-state index contributed by atoms with van der Waals surface area (Å²) in [6.45, 7) is 0. The number of pyridine rings is 1. The molecule has 2 N–H and O–H groups in total. The van der Waals surface area contributed by atoms with Gasteiger partial charge in [-0.3, -0.25) is 0 Å². The third kappa shape index (κ3) is 3.65. The number of hydrogen-bond acceptors (Lipinski definition) is 3. The Bertz CT molecular complexity index is 430. The van der Waals surface area contributed by atoms with Gasteiger partial charge in [-0.25, -0.2) is 4.98 Å². The highest BCUT2D eigenvalue weighted by atomic mass is 79.9. The Kier molecular flexibility index (Phi) is 3.46. The van der Waals surface area contributed by atoms with E-state index in [0.717, 1.165) is 0 Å². The Balaban J connectivity index is 3.25. The topological polar surface area (TPSA) is 48.1 Å². The Labute approximate surface area is 98.7 Å². The SMILES string of the molecule is Nc1nc(Br)c(OC(F)(F)F)cc1C(F)(F)F. The van der Waals surface area contributed by atoms with Crippen molar-refractivity contribution in [1.29, 1.82) is 0 Å². The maximum Gasteiger partial charge on any atom is 0.573 e. The van der Waals surface area contributed by atoms with Crippen molar-refractivity contribution in [3.63, 3.8) is 0 Å². The largest absolute Gasteiger partial charge is 0.573 e. The van der Waals surface area contributed by atoms with Crippen molar-refractivity contribution in [3.8, 4) is 5.75 Å². The van der Waals surface area contributed by atoms with E-state index in [1.807, 2.05) is 0 Å². The highest BCUT2D eigenvalue weighted by molar-refractivity contribution is 9.10. The Morgan fingerprint density at radius 2 is 1.71 bits per heavy atom. The Morgan fingerprint density at radius 1 is 1.18 bits per heavy atom. The lowest BCUT2D eigenvalue weighted by molar-refractivity contribution is -0.275. The first-order valence-corrected chi connectivity index (χ1v) is 4.59. The maximum atomic E-state index is 12.3. The molecule has 0 radical (unpaired) electrons. The van der Waals surface area contributed by atoms with E-state index in [4.69, 9.17) is 5.73 Å². The molecule has 0 saturated carbocycles. The van der Waals surface area contributed by atoms with Gasteiger partial charge in [0, 0.05) is 0 Å². The molecule has 0 saturated heterocycles. The van der Waals surface area contributed by atoms with Crippen molar-refractivity contribution in [1.82, 2.24) is 4.98 Å². The van der Waals surface area contributed by atoms with E-state index in [-0.39, 0.29) is 6.07 Å².